The average Bonchev–Trinajstić information content (AvgIpc) is 2.68. The molecule has 0 fully saturated rings. The molecule has 0 aromatic heterocycles. The van der Waals surface area contributed by atoms with E-state index in [0.717, 1.165) is 22.5 Å². The normalized spacial score (nSPS) is 12.2. The number of hydrogen-bond donors (Lipinski definition) is 1. The predicted octanol–water partition coefficient (Wildman–Crippen LogP) is 3.71. The topological polar surface area (TPSA) is 84.9 Å². The van der Waals surface area contributed by atoms with Crippen molar-refractivity contribution < 1.29 is 22.7 Å². The van der Waals surface area contributed by atoms with Crippen molar-refractivity contribution in [2.75, 3.05) is 30.1 Å². The van der Waals surface area contributed by atoms with Crippen molar-refractivity contribution in [3.63, 3.8) is 0 Å². The van der Waals surface area contributed by atoms with Crippen molar-refractivity contribution in [3.8, 4) is 11.5 Å². The van der Waals surface area contributed by atoms with Crippen LogP contribution in [0, 0.1) is 0 Å². The Morgan fingerprint density at radius 2 is 1.72 bits per heavy atom. The third-order valence-electron chi connectivity index (χ3n) is 4.42. The number of aryl methyl sites for hydroxylation is 1. The Labute approximate surface area is 176 Å². The Kier molecular flexibility index (Phi) is 7.37. The zero-order chi connectivity index (χ0) is 21.8. The van der Waals surface area contributed by atoms with E-state index in [1.807, 2.05) is 19.1 Å². The van der Waals surface area contributed by atoms with Gasteiger partial charge in [0.05, 0.1) is 36.9 Å². The van der Waals surface area contributed by atoms with Crippen molar-refractivity contribution in [3.05, 3.63) is 47.0 Å². The van der Waals surface area contributed by atoms with Gasteiger partial charge >= 0.3 is 0 Å². The van der Waals surface area contributed by atoms with Crippen molar-refractivity contribution in [2.45, 2.75) is 26.3 Å². The van der Waals surface area contributed by atoms with E-state index in [1.54, 1.807) is 12.1 Å². The second-order valence-electron chi connectivity index (χ2n) is 6.43. The average molecular weight is 441 g/mol. The van der Waals surface area contributed by atoms with Gasteiger partial charge in [0.2, 0.25) is 15.9 Å². The fourth-order valence-corrected chi connectivity index (χ4v) is 4.29. The summed E-state index contributed by atoms with van der Waals surface area (Å²) in [6.07, 6.45) is 1.89. The van der Waals surface area contributed by atoms with Gasteiger partial charge in [-0.3, -0.25) is 9.10 Å². The molecule has 0 bridgehead atoms. The third kappa shape index (κ3) is 5.33. The van der Waals surface area contributed by atoms with Crippen molar-refractivity contribution in [2.24, 2.45) is 0 Å². The van der Waals surface area contributed by atoms with E-state index in [9.17, 15) is 13.2 Å². The molecule has 1 atom stereocenters. The molecule has 0 aliphatic rings. The number of halogens is 1. The maximum absolute atomic E-state index is 12.9. The van der Waals surface area contributed by atoms with Crippen molar-refractivity contribution >= 4 is 38.9 Å². The largest absolute Gasteiger partial charge is 0.495 e. The fourth-order valence-electron chi connectivity index (χ4n) is 2.88. The predicted molar refractivity (Wildman–Crippen MR) is 116 cm³/mol. The lowest BCUT2D eigenvalue weighted by molar-refractivity contribution is -0.116. The molecule has 0 radical (unpaired) electrons. The highest BCUT2D eigenvalue weighted by Gasteiger charge is 2.29. The van der Waals surface area contributed by atoms with E-state index >= 15 is 0 Å². The molecular formula is C20H25ClN2O5S. The standard InChI is InChI=1S/C20H25ClN2O5S/c1-6-14-7-9-15(10-8-14)23(29(5,25)26)13(2)20(24)22-17-12-18(27-3)16(21)11-19(17)28-4/h7-13H,6H2,1-5H3,(H,22,24)/t13-/m1/s1. The van der Waals surface area contributed by atoms with Gasteiger partial charge in [-0.15, -0.1) is 0 Å². The van der Waals surface area contributed by atoms with Gasteiger partial charge in [-0.25, -0.2) is 8.42 Å². The summed E-state index contributed by atoms with van der Waals surface area (Å²) >= 11 is 6.09. The summed E-state index contributed by atoms with van der Waals surface area (Å²) in [5.41, 5.74) is 1.80. The molecule has 0 unspecified atom stereocenters. The number of benzene rings is 2. The van der Waals surface area contributed by atoms with Crippen LogP contribution in [0.4, 0.5) is 11.4 Å². The maximum Gasteiger partial charge on any atom is 0.248 e. The molecule has 0 saturated heterocycles. The highest BCUT2D eigenvalue weighted by molar-refractivity contribution is 7.92. The van der Waals surface area contributed by atoms with E-state index in [4.69, 9.17) is 21.1 Å². The lowest BCUT2D eigenvalue weighted by Crippen LogP contribution is -2.45. The number of amides is 1. The number of rotatable bonds is 8. The number of carbonyl (C=O) groups is 1. The number of nitrogens with one attached hydrogen (secondary N) is 1. The minimum atomic E-state index is -3.71. The molecule has 158 valence electrons. The first-order chi connectivity index (χ1) is 13.6. The number of methoxy groups -OCH3 is 2. The number of sulfonamides is 1. The Balaban J connectivity index is 2.37. The Hall–Kier alpha value is -2.45. The summed E-state index contributed by atoms with van der Waals surface area (Å²) in [7, 11) is -0.822. The van der Waals surface area contributed by atoms with E-state index in [2.05, 4.69) is 5.32 Å². The molecule has 2 aromatic carbocycles. The molecule has 2 aromatic rings. The van der Waals surface area contributed by atoms with Crippen LogP contribution in [-0.4, -0.2) is 40.8 Å². The first kappa shape index (κ1) is 22.8. The van der Waals surface area contributed by atoms with Gasteiger partial charge in [0, 0.05) is 12.1 Å². The van der Waals surface area contributed by atoms with Gasteiger partial charge in [-0.2, -0.15) is 0 Å². The molecule has 1 N–H and O–H groups in total. The van der Waals surface area contributed by atoms with Gasteiger partial charge in [0.1, 0.15) is 17.5 Å². The molecule has 2 rings (SSSR count). The van der Waals surface area contributed by atoms with E-state index in [1.165, 1.54) is 33.3 Å². The SMILES string of the molecule is CCc1ccc(N([C@H](C)C(=O)Nc2cc(OC)c(Cl)cc2OC)S(C)(=O)=O)cc1. The van der Waals surface area contributed by atoms with Crippen LogP contribution in [0.5, 0.6) is 11.5 Å². The summed E-state index contributed by atoms with van der Waals surface area (Å²) < 4.78 is 36.4. The summed E-state index contributed by atoms with van der Waals surface area (Å²) in [6, 6.07) is 9.08. The van der Waals surface area contributed by atoms with E-state index in [0.29, 0.717) is 27.9 Å². The van der Waals surface area contributed by atoms with Gasteiger partial charge < -0.3 is 14.8 Å². The molecule has 9 heteroatoms. The Bertz CT molecular complexity index is 977. The smallest absolute Gasteiger partial charge is 0.248 e. The fraction of sp³-hybridized carbons (Fsp3) is 0.350. The van der Waals surface area contributed by atoms with Crippen LogP contribution in [0.3, 0.4) is 0 Å². The molecule has 29 heavy (non-hydrogen) atoms. The maximum atomic E-state index is 12.9. The summed E-state index contributed by atoms with van der Waals surface area (Å²) in [4.78, 5) is 12.9. The zero-order valence-electron chi connectivity index (χ0n) is 17.0. The van der Waals surface area contributed by atoms with Crippen LogP contribution in [0.1, 0.15) is 19.4 Å². The lowest BCUT2D eigenvalue weighted by atomic mass is 10.1. The highest BCUT2D eigenvalue weighted by atomic mass is 35.5. The molecule has 0 spiro atoms. The van der Waals surface area contributed by atoms with Gasteiger partial charge in [-0.05, 0) is 31.0 Å². The molecule has 0 heterocycles. The van der Waals surface area contributed by atoms with Gasteiger partial charge in [0.25, 0.3) is 0 Å². The van der Waals surface area contributed by atoms with E-state index < -0.39 is 22.0 Å². The Morgan fingerprint density at radius 3 is 2.21 bits per heavy atom. The molecule has 1 amide bonds. The summed E-state index contributed by atoms with van der Waals surface area (Å²) in [5.74, 6) is 0.151. The molecular weight excluding hydrogens is 416 g/mol. The molecule has 0 aliphatic heterocycles. The quantitative estimate of drug-likeness (QED) is 0.676. The van der Waals surface area contributed by atoms with Gasteiger partial charge in [-0.1, -0.05) is 30.7 Å². The van der Waals surface area contributed by atoms with E-state index in [-0.39, 0.29) is 0 Å². The first-order valence-corrected chi connectivity index (χ1v) is 11.2. The molecule has 0 saturated carbocycles. The number of ether oxygens (including phenoxy) is 2. The Morgan fingerprint density at radius 1 is 1.14 bits per heavy atom. The summed E-state index contributed by atoms with van der Waals surface area (Å²) in [5, 5.41) is 3.02. The van der Waals surface area contributed by atoms with Crippen LogP contribution < -0.4 is 19.1 Å². The van der Waals surface area contributed by atoms with Crippen molar-refractivity contribution in [1.29, 1.82) is 0 Å². The third-order valence-corrected chi connectivity index (χ3v) is 5.96. The minimum absolute atomic E-state index is 0.320. The number of anilines is 2. The van der Waals surface area contributed by atoms with Crippen molar-refractivity contribution in [1.82, 2.24) is 0 Å². The number of nitrogens with zero attached hydrogens (tertiary/aromatic N) is 1. The van der Waals surface area contributed by atoms with Crippen LogP contribution in [-0.2, 0) is 21.2 Å². The zero-order valence-corrected chi connectivity index (χ0v) is 18.6. The second-order valence-corrected chi connectivity index (χ2v) is 8.70. The lowest BCUT2D eigenvalue weighted by Gasteiger charge is -2.28. The monoisotopic (exact) mass is 440 g/mol. The first-order valence-electron chi connectivity index (χ1n) is 8.93. The van der Waals surface area contributed by atoms with Crippen LogP contribution in [0.2, 0.25) is 5.02 Å². The number of carbonyl (C=O) groups excluding carboxylic acids is 1. The summed E-state index contributed by atoms with van der Waals surface area (Å²) in [6.45, 7) is 3.52. The molecule has 7 nitrogen and oxygen atoms in total. The van der Waals surface area contributed by atoms with Crippen LogP contribution in [0.15, 0.2) is 36.4 Å². The number of hydrogen-bond acceptors (Lipinski definition) is 5. The molecule has 0 aliphatic carbocycles. The second kappa shape index (κ2) is 9.37. The highest BCUT2D eigenvalue weighted by Crippen LogP contribution is 2.36. The van der Waals surface area contributed by atoms with Gasteiger partial charge in [0.15, 0.2) is 0 Å². The van der Waals surface area contributed by atoms with Crippen LogP contribution in [0.25, 0.3) is 0 Å². The minimum Gasteiger partial charge on any atom is -0.495 e. The van der Waals surface area contributed by atoms with Crippen LogP contribution >= 0.6 is 11.6 Å².